The Morgan fingerprint density at radius 3 is 2.42 bits per heavy atom. The van der Waals surface area contributed by atoms with E-state index in [1.165, 1.54) is 11.3 Å². The summed E-state index contributed by atoms with van der Waals surface area (Å²) in [7, 11) is 1.61. The summed E-state index contributed by atoms with van der Waals surface area (Å²) in [6, 6.07) is 10.5. The number of amides is 2. The number of hydrogen-bond acceptors (Lipinski definition) is 4. The van der Waals surface area contributed by atoms with Crippen molar-refractivity contribution in [3.05, 3.63) is 52.2 Å². The van der Waals surface area contributed by atoms with Crippen molar-refractivity contribution in [1.82, 2.24) is 10.6 Å². The number of methoxy groups -OCH3 is 1. The molecular weight excluding hydrogens is 324 g/mol. The van der Waals surface area contributed by atoms with Crippen LogP contribution in [0.5, 0.6) is 5.75 Å². The van der Waals surface area contributed by atoms with E-state index < -0.39 is 6.04 Å². The molecule has 6 heteroatoms. The first-order valence-electron chi connectivity index (χ1n) is 7.76. The van der Waals surface area contributed by atoms with Gasteiger partial charge in [-0.2, -0.15) is 0 Å². The van der Waals surface area contributed by atoms with Gasteiger partial charge >= 0.3 is 0 Å². The van der Waals surface area contributed by atoms with Gasteiger partial charge in [0.1, 0.15) is 11.8 Å². The molecule has 0 spiro atoms. The van der Waals surface area contributed by atoms with Crippen LogP contribution in [0.2, 0.25) is 0 Å². The van der Waals surface area contributed by atoms with Crippen molar-refractivity contribution in [1.29, 1.82) is 0 Å². The number of hydrogen-bond donors (Lipinski definition) is 2. The molecule has 1 heterocycles. The second-order valence-electron chi connectivity index (χ2n) is 5.74. The number of nitrogens with one attached hydrogen (secondary N) is 2. The quantitative estimate of drug-likeness (QED) is 0.810. The van der Waals surface area contributed by atoms with Crippen LogP contribution in [0.25, 0.3) is 0 Å². The summed E-state index contributed by atoms with van der Waals surface area (Å²) in [5.74, 6) is 0.354. The highest BCUT2D eigenvalue weighted by atomic mass is 32.1. The average molecular weight is 346 g/mol. The summed E-state index contributed by atoms with van der Waals surface area (Å²) in [5, 5.41) is 7.53. The third-order valence-corrected chi connectivity index (χ3v) is 4.48. The van der Waals surface area contributed by atoms with Gasteiger partial charge in [0.25, 0.3) is 5.91 Å². The minimum Gasteiger partial charge on any atom is -0.497 e. The third kappa shape index (κ3) is 4.83. The lowest BCUT2D eigenvalue weighted by atomic mass is 10.0. The van der Waals surface area contributed by atoms with Crippen LogP contribution in [-0.4, -0.2) is 25.0 Å². The first-order valence-corrected chi connectivity index (χ1v) is 8.64. The maximum Gasteiger partial charge on any atom is 0.262 e. The Morgan fingerprint density at radius 1 is 1.17 bits per heavy atom. The first kappa shape index (κ1) is 18.0. The standard InChI is InChI=1S/C18H22N2O3S/c1-12(2)16(20-17(21)15-5-4-10-24-15)18(22)19-11-13-6-8-14(23-3)9-7-13/h4-10,12,16H,11H2,1-3H3,(H,19,22)(H,20,21)/t16-/m1/s1. The summed E-state index contributed by atoms with van der Waals surface area (Å²) in [6.45, 7) is 4.22. The van der Waals surface area contributed by atoms with Gasteiger partial charge in [-0.25, -0.2) is 0 Å². The van der Waals surface area contributed by atoms with E-state index in [2.05, 4.69) is 10.6 Å². The minimum absolute atomic E-state index is 0.00946. The molecular formula is C18H22N2O3S. The first-order chi connectivity index (χ1) is 11.5. The second-order valence-corrected chi connectivity index (χ2v) is 6.69. The minimum atomic E-state index is -0.571. The molecule has 0 saturated heterocycles. The van der Waals surface area contributed by atoms with Gasteiger partial charge < -0.3 is 15.4 Å². The van der Waals surface area contributed by atoms with Crippen LogP contribution in [0, 0.1) is 5.92 Å². The fraction of sp³-hybridized carbons (Fsp3) is 0.333. The van der Waals surface area contributed by atoms with Crippen molar-refractivity contribution in [3.8, 4) is 5.75 Å². The van der Waals surface area contributed by atoms with E-state index in [1.807, 2.05) is 49.6 Å². The number of thiophene rings is 1. The Kier molecular flexibility index (Phi) is 6.37. The van der Waals surface area contributed by atoms with Crippen LogP contribution in [0.1, 0.15) is 29.1 Å². The van der Waals surface area contributed by atoms with E-state index >= 15 is 0 Å². The van der Waals surface area contributed by atoms with Gasteiger partial charge in [-0.3, -0.25) is 9.59 Å². The van der Waals surface area contributed by atoms with Gasteiger partial charge in [-0.05, 0) is 35.1 Å². The van der Waals surface area contributed by atoms with Crippen molar-refractivity contribution >= 4 is 23.2 Å². The molecule has 0 radical (unpaired) electrons. The van der Waals surface area contributed by atoms with Crippen molar-refractivity contribution in [3.63, 3.8) is 0 Å². The van der Waals surface area contributed by atoms with E-state index in [-0.39, 0.29) is 17.7 Å². The summed E-state index contributed by atoms with van der Waals surface area (Å²) < 4.78 is 5.11. The molecule has 5 nitrogen and oxygen atoms in total. The fourth-order valence-electron chi connectivity index (χ4n) is 2.20. The Morgan fingerprint density at radius 2 is 1.88 bits per heavy atom. The molecule has 2 aromatic rings. The molecule has 1 atom stereocenters. The Hall–Kier alpha value is -2.34. The molecule has 128 valence electrons. The lowest BCUT2D eigenvalue weighted by molar-refractivity contribution is -0.124. The Balaban J connectivity index is 1.94. The molecule has 1 aromatic carbocycles. The van der Waals surface area contributed by atoms with Crippen LogP contribution < -0.4 is 15.4 Å². The topological polar surface area (TPSA) is 67.4 Å². The predicted molar refractivity (Wildman–Crippen MR) is 95.3 cm³/mol. The molecule has 0 aliphatic carbocycles. The van der Waals surface area contributed by atoms with Gasteiger partial charge in [0.15, 0.2) is 0 Å². The van der Waals surface area contributed by atoms with E-state index in [0.29, 0.717) is 11.4 Å². The molecule has 0 aliphatic heterocycles. The largest absolute Gasteiger partial charge is 0.497 e. The lowest BCUT2D eigenvalue weighted by Gasteiger charge is -2.21. The zero-order valence-electron chi connectivity index (χ0n) is 14.0. The maximum atomic E-state index is 12.4. The van der Waals surface area contributed by atoms with E-state index in [0.717, 1.165) is 11.3 Å². The van der Waals surface area contributed by atoms with E-state index in [1.54, 1.807) is 13.2 Å². The van der Waals surface area contributed by atoms with Crippen molar-refractivity contribution in [2.24, 2.45) is 5.92 Å². The summed E-state index contributed by atoms with van der Waals surface area (Å²) in [5.41, 5.74) is 0.969. The van der Waals surface area contributed by atoms with Gasteiger partial charge in [-0.1, -0.05) is 32.0 Å². The molecule has 0 unspecified atom stereocenters. The smallest absolute Gasteiger partial charge is 0.262 e. The van der Waals surface area contributed by atoms with Gasteiger partial charge in [0, 0.05) is 6.54 Å². The number of benzene rings is 1. The lowest BCUT2D eigenvalue weighted by Crippen LogP contribution is -2.49. The van der Waals surface area contributed by atoms with Gasteiger partial charge in [-0.15, -0.1) is 11.3 Å². The van der Waals surface area contributed by atoms with Crippen LogP contribution in [0.3, 0.4) is 0 Å². The average Bonchev–Trinajstić information content (AvgIpc) is 3.12. The zero-order valence-corrected chi connectivity index (χ0v) is 14.9. The predicted octanol–water partition coefficient (Wildman–Crippen LogP) is 2.83. The molecule has 2 amide bonds. The third-order valence-electron chi connectivity index (χ3n) is 3.61. The van der Waals surface area contributed by atoms with Crippen LogP contribution >= 0.6 is 11.3 Å². The van der Waals surface area contributed by atoms with Crippen LogP contribution in [0.15, 0.2) is 41.8 Å². The Bertz CT molecular complexity index is 666. The molecule has 0 fully saturated rings. The maximum absolute atomic E-state index is 12.4. The zero-order chi connectivity index (χ0) is 17.5. The van der Waals surface area contributed by atoms with Crippen molar-refractivity contribution in [2.45, 2.75) is 26.4 Å². The van der Waals surface area contributed by atoms with Gasteiger partial charge in [0.2, 0.25) is 5.91 Å². The number of ether oxygens (including phenoxy) is 1. The highest BCUT2D eigenvalue weighted by molar-refractivity contribution is 7.12. The Labute approximate surface area is 146 Å². The molecule has 0 aliphatic rings. The van der Waals surface area contributed by atoms with Crippen molar-refractivity contribution in [2.75, 3.05) is 7.11 Å². The molecule has 0 bridgehead atoms. The molecule has 1 aromatic heterocycles. The SMILES string of the molecule is COc1ccc(CNC(=O)[C@H](NC(=O)c2cccs2)C(C)C)cc1. The normalized spacial score (nSPS) is 11.8. The summed E-state index contributed by atoms with van der Waals surface area (Å²) in [4.78, 5) is 25.2. The van der Waals surface area contributed by atoms with E-state index in [4.69, 9.17) is 4.74 Å². The number of rotatable bonds is 7. The second kappa shape index (κ2) is 8.49. The molecule has 24 heavy (non-hydrogen) atoms. The van der Waals surface area contributed by atoms with Crippen LogP contribution in [-0.2, 0) is 11.3 Å². The highest BCUT2D eigenvalue weighted by Gasteiger charge is 2.24. The van der Waals surface area contributed by atoms with Gasteiger partial charge in [0.05, 0.1) is 12.0 Å². The monoisotopic (exact) mass is 346 g/mol. The van der Waals surface area contributed by atoms with E-state index in [9.17, 15) is 9.59 Å². The molecule has 2 N–H and O–H groups in total. The fourth-order valence-corrected chi connectivity index (χ4v) is 2.82. The number of carbonyl (C=O) groups is 2. The van der Waals surface area contributed by atoms with Crippen LogP contribution in [0.4, 0.5) is 0 Å². The van der Waals surface area contributed by atoms with Crippen molar-refractivity contribution < 1.29 is 14.3 Å². The molecule has 2 rings (SSSR count). The number of carbonyl (C=O) groups excluding carboxylic acids is 2. The highest BCUT2D eigenvalue weighted by Crippen LogP contribution is 2.12. The summed E-state index contributed by atoms with van der Waals surface area (Å²) >= 11 is 1.35. The summed E-state index contributed by atoms with van der Waals surface area (Å²) in [6.07, 6.45) is 0. The molecule has 0 saturated carbocycles.